The Morgan fingerprint density at radius 2 is 0.882 bits per heavy atom. The molecule has 0 aliphatic rings. The van der Waals surface area contributed by atoms with E-state index < -0.39 is 26.6 Å². The minimum absolute atomic E-state index is 0.0372. The molecule has 1 N–H and O–H groups in total. The Labute approximate surface area is 468 Å². The molecule has 0 bridgehead atoms. The largest absolute Gasteiger partial charge is 0.756 e. The predicted molar refractivity (Wildman–Crippen MR) is 325 cm³/mol. The van der Waals surface area contributed by atoms with Gasteiger partial charge in [0.2, 0.25) is 5.91 Å². The average molecular weight is 1080 g/mol. The summed E-state index contributed by atoms with van der Waals surface area (Å²) in [7, 11) is 1.14. The Morgan fingerprint density at radius 1 is 0.487 bits per heavy atom. The SMILES string of the molecule is CC/C=C\C/C=C\C/C=C\C/C=C\C/C=C\C/C=C\CCCCCCC(=O)OC(/C=C\CCCCCCCCCCC)C(COP(=O)([O-])OCC[N+](C)(C)C)NC(=O)CCCCC/C=C/C=C/CCCCCCCCC. The third-order valence-electron chi connectivity index (χ3n) is 13.0. The maximum absolute atomic E-state index is 13.5. The Hall–Kier alpha value is -3.33. The van der Waals surface area contributed by atoms with E-state index in [9.17, 15) is 19.0 Å². The minimum Gasteiger partial charge on any atom is -0.756 e. The van der Waals surface area contributed by atoms with Crippen LogP contribution in [0.4, 0.5) is 0 Å². The van der Waals surface area contributed by atoms with E-state index >= 15 is 0 Å². The van der Waals surface area contributed by atoms with Gasteiger partial charge in [0, 0.05) is 12.8 Å². The highest BCUT2D eigenvalue weighted by atomic mass is 31.2. The van der Waals surface area contributed by atoms with Crippen molar-refractivity contribution in [3.8, 4) is 0 Å². The van der Waals surface area contributed by atoms with E-state index in [4.69, 9.17) is 13.8 Å². The van der Waals surface area contributed by atoms with E-state index in [1.807, 2.05) is 33.3 Å². The van der Waals surface area contributed by atoms with E-state index in [1.54, 1.807) is 0 Å². The summed E-state index contributed by atoms with van der Waals surface area (Å²) in [5.41, 5.74) is 0. The fourth-order valence-electron chi connectivity index (χ4n) is 8.22. The highest BCUT2D eigenvalue weighted by Gasteiger charge is 2.27. The zero-order valence-electron chi connectivity index (χ0n) is 49.7. The fourth-order valence-corrected chi connectivity index (χ4v) is 8.94. The number of nitrogens with zero attached hydrogens (tertiary/aromatic N) is 1. The molecule has 0 rings (SSSR count). The molecule has 0 aliphatic carbocycles. The first kappa shape index (κ1) is 72.7. The lowest BCUT2D eigenvalue weighted by Crippen LogP contribution is -2.47. The molecule has 0 saturated carbocycles. The summed E-state index contributed by atoms with van der Waals surface area (Å²) in [5.74, 6) is -0.608. The molecule has 436 valence electrons. The summed E-state index contributed by atoms with van der Waals surface area (Å²) in [6, 6.07) is -0.919. The molecule has 76 heavy (non-hydrogen) atoms. The van der Waals surface area contributed by atoms with Gasteiger partial charge in [0.25, 0.3) is 7.82 Å². The van der Waals surface area contributed by atoms with Gasteiger partial charge in [-0.1, -0.05) is 233 Å². The van der Waals surface area contributed by atoms with E-state index in [2.05, 4.69) is 123 Å². The molecule has 3 unspecified atom stereocenters. The van der Waals surface area contributed by atoms with Gasteiger partial charge in [0.15, 0.2) is 0 Å². The van der Waals surface area contributed by atoms with Crippen molar-refractivity contribution in [3.63, 3.8) is 0 Å². The Morgan fingerprint density at radius 3 is 1.36 bits per heavy atom. The third kappa shape index (κ3) is 55.4. The monoisotopic (exact) mass is 1080 g/mol. The number of rotatable bonds is 54. The van der Waals surface area contributed by atoms with Crippen LogP contribution in [0.1, 0.15) is 245 Å². The molecule has 0 heterocycles. The maximum atomic E-state index is 13.5. The molecule has 0 spiro atoms. The van der Waals surface area contributed by atoms with Crippen molar-refractivity contribution in [2.24, 2.45) is 0 Å². The summed E-state index contributed by atoms with van der Waals surface area (Å²) in [6.07, 6.45) is 74.9. The van der Waals surface area contributed by atoms with Gasteiger partial charge in [-0.2, -0.15) is 0 Å². The maximum Gasteiger partial charge on any atom is 0.306 e. The van der Waals surface area contributed by atoms with Crippen LogP contribution >= 0.6 is 7.82 Å². The van der Waals surface area contributed by atoms with Gasteiger partial charge in [-0.3, -0.25) is 14.2 Å². The predicted octanol–water partition coefficient (Wildman–Crippen LogP) is 18.3. The van der Waals surface area contributed by atoms with Crippen LogP contribution in [0.15, 0.2) is 109 Å². The number of phosphoric ester groups is 1. The summed E-state index contributed by atoms with van der Waals surface area (Å²) >= 11 is 0. The highest BCUT2D eigenvalue weighted by Crippen LogP contribution is 2.38. The summed E-state index contributed by atoms with van der Waals surface area (Å²) in [4.78, 5) is 39.9. The molecule has 0 radical (unpaired) electrons. The number of unbranched alkanes of at least 4 members (excludes halogenated alkanes) is 23. The molecule has 0 aromatic heterocycles. The van der Waals surface area contributed by atoms with E-state index in [1.165, 1.54) is 89.9 Å². The second-order valence-electron chi connectivity index (χ2n) is 21.5. The molecule has 0 aromatic carbocycles. The standard InChI is InChI=1S/C66H115N2O7P/c1-7-10-13-16-19-22-25-27-29-31-32-33-34-35-36-37-39-41-44-47-50-53-56-59-66(70)75-64(57-54-51-48-45-42-24-21-18-15-12-9-3)63(62-74-76(71,72)73-61-60-68(4,5)6)67-65(69)58-55-52-49-46-43-40-38-30-28-26-23-20-17-14-11-8-2/h10,13,19,22,27,29-30,32-33,35-36,38-41,43,54,57,63-64H,7-9,11-12,14-18,20-21,23-26,28,31,34,37,42,44-53,55-56,58-62H2,1-6H3,(H-,67,69,71,72)/b13-10-,22-19-,29-27-,33-32-,36-35-,38-30+,41-39-,43-40+,57-54-. The topological polar surface area (TPSA) is 114 Å². The zero-order chi connectivity index (χ0) is 55.7. The van der Waals surface area contributed by atoms with Crippen LogP contribution in [0.3, 0.4) is 0 Å². The first-order valence-electron chi connectivity index (χ1n) is 30.7. The van der Waals surface area contributed by atoms with Crippen LogP contribution in [-0.4, -0.2) is 69.4 Å². The van der Waals surface area contributed by atoms with Crippen molar-refractivity contribution in [1.29, 1.82) is 0 Å². The number of carbonyl (C=O) groups is 2. The van der Waals surface area contributed by atoms with Crippen LogP contribution < -0.4 is 10.2 Å². The second-order valence-corrected chi connectivity index (χ2v) is 22.9. The lowest BCUT2D eigenvalue weighted by Gasteiger charge is -2.30. The first-order chi connectivity index (χ1) is 36.9. The number of nitrogens with one attached hydrogen (secondary N) is 1. The van der Waals surface area contributed by atoms with Gasteiger partial charge in [-0.05, 0) is 109 Å². The number of hydrogen-bond donors (Lipinski definition) is 1. The molecule has 10 heteroatoms. The molecule has 0 saturated heterocycles. The van der Waals surface area contributed by atoms with Crippen LogP contribution in [0.25, 0.3) is 0 Å². The number of esters is 1. The van der Waals surface area contributed by atoms with Crippen molar-refractivity contribution in [2.75, 3.05) is 40.9 Å². The number of phosphoric acid groups is 1. The van der Waals surface area contributed by atoms with E-state index in [0.717, 1.165) is 109 Å². The van der Waals surface area contributed by atoms with Crippen molar-refractivity contribution in [1.82, 2.24) is 5.32 Å². The molecular formula is C66H115N2O7P. The summed E-state index contributed by atoms with van der Waals surface area (Å²) < 4.78 is 30.2. The average Bonchev–Trinajstić information content (AvgIpc) is 3.38. The number of likely N-dealkylation sites (N-methyl/N-ethyl adjacent to an activating group) is 1. The Kier molecular flexibility index (Phi) is 52.6. The smallest absolute Gasteiger partial charge is 0.306 e. The lowest BCUT2D eigenvalue weighted by atomic mass is 10.1. The first-order valence-corrected chi connectivity index (χ1v) is 32.2. The normalized spacial score (nSPS) is 14.5. The molecule has 3 atom stereocenters. The van der Waals surface area contributed by atoms with Gasteiger partial charge in [0.1, 0.15) is 19.3 Å². The van der Waals surface area contributed by atoms with Crippen LogP contribution in [0.2, 0.25) is 0 Å². The Balaban J connectivity index is 5.32. The number of quaternary nitrogens is 1. The van der Waals surface area contributed by atoms with Gasteiger partial charge < -0.3 is 28.5 Å². The van der Waals surface area contributed by atoms with Crippen molar-refractivity contribution >= 4 is 19.7 Å². The summed E-state index contributed by atoms with van der Waals surface area (Å²) in [6.45, 7) is 6.66. The van der Waals surface area contributed by atoms with Crippen LogP contribution in [0.5, 0.6) is 0 Å². The summed E-state index contributed by atoms with van der Waals surface area (Å²) in [5, 5.41) is 3.00. The fraction of sp³-hybridized carbons (Fsp3) is 0.697. The van der Waals surface area contributed by atoms with Gasteiger partial charge >= 0.3 is 5.97 Å². The number of carbonyl (C=O) groups excluding carboxylic acids is 2. The van der Waals surface area contributed by atoms with Crippen molar-refractivity contribution < 1.29 is 37.3 Å². The van der Waals surface area contributed by atoms with Crippen LogP contribution in [0, 0.1) is 0 Å². The van der Waals surface area contributed by atoms with Crippen molar-refractivity contribution in [3.05, 3.63) is 109 Å². The molecule has 0 aliphatic heterocycles. The zero-order valence-corrected chi connectivity index (χ0v) is 50.6. The van der Waals surface area contributed by atoms with Crippen LogP contribution in [-0.2, 0) is 27.9 Å². The molecule has 9 nitrogen and oxygen atoms in total. The number of allylic oxidation sites excluding steroid dienone is 17. The highest BCUT2D eigenvalue weighted by molar-refractivity contribution is 7.45. The van der Waals surface area contributed by atoms with Crippen molar-refractivity contribution in [2.45, 2.75) is 258 Å². The van der Waals surface area contributed by atoms with E-state index in [-0.39, 0.29) is 31.3 Å². The Bertz CT molecular complexity index is 1670. The number of hydrogen-bond acceptors (Lipinski definition) is 7. The quantitative estimate of drug-likeness (QED) is 0.0161. The van der Waals surface area contributed by atoms with E-state index in [0.29, 0.717) is 23.9 Å². The molecular weight excluding hydrogens is 964 g/mol. The van der Waals surface area contributed by atoms with Gasteiger partial charge in [-0.15, -0.1) is 0 Å². The van der Waals surface area contributed by atoms with Gasteiger partial charge in [-0.25, -0.2) is 0 Å². The minimum atomic E-state index is -4.72. The molecule has 1 amide bonds. The number of ether oxygens (including phenoxy) is 1. The number of amides is 1. The lowest BCUT2D eigenvalue weighted by molar-refractivity contribution is -0.870. The molecule has 0 aromatic rings. The third-order valence-corrected chi connectivity index (χ3v) is 13.9. The molecule has 0 fully saturated rings. The van der Waals surface area contributed by atoms with Gasteiger partial charge in [0.05, 0.1) is 33.8 Å². The second kappa shape index (κ2) is 55.0.